The van der Waals surface area contributed by atoms with Gasteiger partial charge >= 0.3 is 0 Å². The molecule has 23 heavy (non-hydrogen) atoms. The number of nitrogens with two attached hydrogens (primary N) is 1. The molecule has 0 unspecified atom stereocenters. The van der Waals surface area contributed by atoms with Crippen molar-refractivity contribution in [2.45, 2.75) is 23.8 Å². The highest BCUT2D eigenvalue weighted by molar-refractivity contribution is 8.00. The predicted octanol–water partition coefficient (Wildman–Crippen LogP) is 3.21. The molecule has 3 rings (SSSR count). The fraction of sp³-hybridized carbons (Fsp3) is 0.235. The van der Waals surface area contributed by atoms with E-state index in [-0.39, 0.29) is 11.6 Å². The number of hydrogen-bond donors (Lipinski definition) is 1. The molecule has 2 aromatic rings. The summed E-state index contributed by atoms with van der Waals surface area (Å²) in [6, 6.07) is 10.1. The first-order chi connectivity index (χ1) is 11.1. The highest BCUT2D eigenvalue weighted by Gasteiger charge is 2.27. The summed E-state index contributed by atoms with van der Waals surface area (Å²) in [4.78, 5) is 15.6. The van der Waals surface area contributed by atoms with Crippen LogP contribution in [0.25, 0.3) is 11.1 Å². The largest absolute Gasteiger partial charge is 0.369 e. The van der Waals surface area contributed by atoms with Gasteiger partial charge in [-0.15, -0.1) is 0 Å². The molecule has 0 bridgehead atoms. The van der Waals surface area contributed by atoms with Gasteiger partial charge in [0.15, 0.2) is 0 Å². The first kappa shape index (κ1) is 15.5. The maximum atomic E-state index is 13.2. The van der Waals surface area contributed by atoms with Crippen molar-refractivity contribution in [2.24, 2.45) is 5.73 Å². The van der Waals surface area contributed by atoms with Crippen molar-refractivity contribution in [1.29, 1.82) is 5.26 Å². The van der Waals surface area contributed by atoms with E-state index in [1.165, 1.54) is 23.9 Å². The Morgan fingerprint density at radius 2 is 2.09 bits per heavy atom. The Morgan fingerprint density at radius 3 is 2.65 bits per heavy atom. The fourth-order valence-corrected chi connectivity index (χ4v) is 3.09. The van der Waals surface area contributed by atoms with Gasteiger partial charge in [-0.05, 0) is 36.6 Å². The summed E-state index contributed by atoms with van der Waals surface area (Å²) < 4.78 is 13.2. The average molecular weight is 327 g/mol. The maximum Gasteiger partial charge on any atom is 0.227 e. The molecule has 1 aliphatic carbocycles. The minimum Gasteiger partial charge on any atom is -0.369 e. The average Bonchev–Trinajstić information content (AvgIpc) is 3.37. The second-order valence-corrected chi connectivity index (χ2v) is 6.39. The molecule has 0 spiro atoms. The van der Waals surface area contributed by atoms with E-state index in [9.17, 15) is 14.4 Å². The minimum absolute atomic E-state index is 0.0681. The van der Waals surface area contributed by atoms with Crippen molar-refractivity contribution >= 4 is 17.7 Å². The van der Waals surface area contributed by atoms with E-state index in [1.54, 1.807) is 12.1 Å². The predicted molar refractivity (Wildman–Crippen MR) is 86.2 cm³/mol. The Bertz CT molecular complexity index is 795. The highest BCUT2D eigenvalue weighted by Crippen LogP contribution is 2.42. The second kappa shape index (κ2) is 6.39. The van der Waals surface area contributed by atoms with Crippen molar-refractivity contribution in [1.82, 2.24) is 4.98 Å². The number of amides is 1. The van der Waals surface area contributed by atoms with Crippen molar-refractivity contribution in [2.75, 3.05) is 5.75 Å². The third kappa shape index (κ3) is 3.51. The molecular formula is C17H14FN3OS. The van der Waals surface area contributed by atoms with Crippen molar-refractivity contribution in [3.8, 4) is 17.2 Å². The van der Waals surface area contributed by atoms with Gasteiger partial charge in [0.2, 0.25) is 5.91 Å². The summed E-state index contributed by atoms with van der Waals surface area (Å²) >= 11 is 1.17. The van der Waals surface area contributed by atoms with Gasteiger partial charge in [0.25, 0.3) is 0 Å². The number of rotatable bonds is 5. The lowest BCUT2D eigenvalue weighted by molar-refractivity contribution is -0.115. The molecule has 1 fully saturated rings. The fourth-order valence-electron chi connectivity index (χ4n) is 2.34. The smallest absolute Gasteiger partial charge is 0.227 e. The van der Waals surface area contributed by atoms with Crippen molar-refractivity contribution < 1.29 is 9.18 Å². The summed E-state index contributed by atoms with van der Waals surface area (Å²) in [5.74, 6) is -0.318. The Morgan fingerprint density at radius 1 is 1.39 bits per heavy atom. The number of hydrogen-bond acceptors (Lipinski definition) is 4. The number of pyridine rings is 1. The van der Waals surface area contributed by atoms with Gasteiger partial charge in [0.1, 0.15) is 16.9 Å². The van der Waals surface area contributed by atoms with Crippen LogP contribution in [-0.4, -0.2) is 16.6 Å². The topological polar surface area (TPSA) is 79.8 Å². The van der Waals surface area contributed by atoms with E-state index in [1.807, 2.05) is 6.07 Å². The van der Waals surface area contributed by atoms with E-state index in [2.05, 4.69) is 11.1 Å². The van der Waals surface area contributed by atoms with Crippen molar-refractivity contribution in [3.63, 3.8) is 0 Å². The first-order valence-electron chi connectivity index (χ1n) is 7.20. The molecule has 1 aliphatic rings. The van der Waals surface area contributed by atoms with Gasteiger partial charge in [-0.1, -0.05) is 23.9 Å². The lowest BCUT2D eigenvalue weighted by Gasteiger charge is -2.11. The quantitative estimate of drug-likeness (QED) is 0.855. The summed E-state index contributed by atoms with van der Waals surface area (Å²) in [5.41, 5.74) is 7.98. The molecule has 1 aromatic heterocycles. The van der Waals surface area contributed by atoms with Crippen molar-refractivity contribution in [3.05, 3.63) is 47.4 Å². The van der Waals surface area contributed by atoms with E-state index in [4.69, 9.17) is 5.73 Å². The van der Waals surface area contributed by atoms with Gasteiger partial charge in [0.05, 0.1) is 11.3 Å². The second-order valence-electron chi connectivity index (χ2n) is 5.42. The maximum absolute atomic E-state index is 13.2. The van der Waals surface area contributed by atoms with Crippen LogP contribution >= 0.6 is 11.8 Å². The molecule has 1 saturated carbocycles. The molecule has 1 amide bonds. The van der Waals surface area contributed by atoms with Crippen LogP contribution in [0.3, 0.4) is 0 Å². The van der Waals surface area contributed by atoms with Crippen LogP contribution in [0, 0.1) is 17.1 Å². The Kier molecular flexibility index (Phi) is 4.30. The third-order valence-corrected chi connectivity index (χ3v) is 4.62. The molecule has 1 heterocycles. The summed E-state index contributed by atoms with van der Waals surface area (Å²) in [6.45, 7) is 0. The molecule has 0 saturated heterocycles. The van der Waals surface area contributed by atoms with Crippen LogP contribution in [0.2, 0.25) is 0 Å². The number of aromatic nitrogens is 1. The van der Waals surface area contributed by atoms with Gasteiger partial charge in [-0.2, -0.15) is 5.26 Å². The van der Waals surface area contributed by atoms with E-state index in [0.29, 0.717) is 16.5 Å². The van der Waals surface area contributed by atoms with Crippen LogP contribution in [0.4, 0.5) is 4.39 Å². The molecule has 0 aliphatic heterocycles. The summed E-state index contributed by atoms with van der Waals surface area (Å²) in [5, 5.41) is 10.0. The van der Waals surface area contributed by atoms with Crippen LogP contribution in [0.1, 0.15) is 30.0 Å². The number of thioether (sulfide) groups is 1. The number of carbonyl (C=O) groups excluding carboxylic acids is 1. The van der Waals surface area contributed by atoms with E-state index < -0.39 is 5.91 Å². The summed E-state index contributed by atoms with van der Waals surface area (Å²) in [6.07, 6.45) is 2.14. The lowest BCUT2D eigenvalue weighted by Crippen LogP contribution is -2.13. The zero-order valence-electron chi connectivity index (χ0n) is 12.3. The number of carbonyl (C=O) groups is 1. The molecule has 2 N–H and O–H groups in total. The Labute approximate surface area is 137 Å². The number of nitrogens with zero attached hydrogens (tertiary/aromatic N) is 2. The van der Waals surface area contributed by atoms with Gasteiger partial charge in [-0.25, -0.2) is 9.37 Å². The standard InChI is InChI=1S/C17H14FN3OS/c18-12-5-3-10(4-6-12)13-7-15(11-1-2-11)21-17(14(13)8-19)23-9-16(20)22/h3-7,11H,1-2,9H2,(H2,20,22). The number of nitriles is 1. The first-order valence-corrected chi connectivity index (χ1v) is 8.19. The molecule has 116 valence electrons. The molecule has 0 atom stereocenters. The number of primary amides is 1. The van der Waals surface area contributed by atoms with Crippen LogP contribution < -0.4 is 5.73 Å². The monoisotopic (exact) mass is 327 g/mol. The minimum atomic E-state index is -0.458. The Balaban J connectivity index is 2.10. The van der Waals surface area contributed by atoms with Crippen LogP contribution in [0.15, 0.2) is 35.4 Å². The highest BCUT2D eigenvalue weighted by atomic mass is 32.2. The number of halogens is 1. The van der Waals surface area contributed by atoms with Crippen LogP contribution in [0.5, 0.6) is 0 Å². The molecule has 4 nitrogen and oxygen atoms in total. The third-order valence-electron chi connectivity index (χ3n) is 3.62. The SMILES string of the molecule is N#Cc1c(-c2ccc(F)cc2)cc(C2CC2)nc1SCC(N)=O. The van der Waals surface area contributed by atoms with E-state index >= 15 is 0 Å². The van der Waals surface area contributed by atoms with Crippen LogP contribution in [-0.2, 0) is 4.79 Å². The Hall–Kier alpha value is -2.39. The normalized spacial score (nSPS) is 13.6. The summed E-state index contributed by atoms with van der Waals surface area (Å²) in [7, 11) is 0. The molecular weight excluding hydrogens is 313 g/mol. The molecule has 6 heteroatoms. The van der Waals surface area contributed by atoms with Gasteiger partial charge in [0, 0.05) is 17.2 Å². The molecule has 1 aromatic carbocycles. The van der Waals surface area contributed by atoms with Gasteiger partial charge < -0.3 is 5.73 Å². The van der Waals surface area contributed by atoms with Gasteiger partial charge in [-0.3, -0.25) is 4.79 Å². The lowest BCUT2D eigenvalue weighted by atomic mass is 10.0. The number of benzene rings is 1. The molecule has 0 radical (unpaired) electrons. The zero-order valence-corrected chi connectivity index (χ0v) is 13.1. The van der Waals surface area contributed by atoms with E-state index in [0.717, 1.165) is 29.7 Å². The zero-order chi connectivity index (χ0) is 16.4.